The first-order chi connectivity index (χ1) is 3.39. The van der Waals surface area contributed by atoms with Crippen molar-refractivity contribution < 1.29 is 0 Å². The van der Waals surface area contributed by atoms with E-state index in [0.717, 1.165) is 0 Å². The average Bonchev–Trinajstić information content (AvgIpc) is 1.69. The number of allylic oxidation sites excluding steroid dienone is 2. The molecule has 2 heteroatoms. The van der Waals surface area contributed by atoms with Crippen molar-refractivity contribution >= 4 is 0 Å². The fraction of sp³-hybridized carbons (Fsp3) is 0.200. The van der Waals surface area contributed by atoms with Crippen LogP contribution in [0.1, 0.15) is 0 Å². The van der Waals surface area contributed by atoms with Crippen LogP contribution in [0.25, 0.3) is 0 Å². The molecule has 1 heterocycles. The minimum atomic E-state index is -0.106. The topological polar surface area (TPSA) is 40.1 Å². The highest BCUT2D eigenvalue weighted by Crippen LogP contribution is 1.87. The SMILES string of the molecule is NC1C=CC=C[N]1. The molecule has 1 aliphatic rings. The van der Waals surface area contributed by atoms with E-state index >= 15 is 0 Å². The minimum Gasteiger partial charge on any atom is -0.306 e. The molecule has 1 aliphatic heterocycles. The minimum absolute atomic E-state index is 0.106. The molecule has 0 aromatic heterocycles. The second-order valence-electron chi connectivity index (χ2n) is 1.37. The number of nitrogens with zero attached hydrogens (tertiary/aromatic N) is 1. The molecule has 0 spiro atoms. The van der Waals surface area contributed by atoms with Crippen molar-refractivity contribution in [1.29, 1.82) is 0 Å². The van der Waals surface area contributed by atoms with Gasteiger partial charge in [0.25, 0.3) is 0 Å². The van der Waals surface area contributed by atoms with Crippen molar-refractivity contribution in [2.75, 3.05) is 0 Å². The Bertz CT molecular complexity index is 105. The van der Waals surface area contributed by atoms with Crippen LogP contribution in [-0.4, -0.2) is 6.17 Å². The zero-order valence-electron chi connectivity index (χ0n) is 3.91. The second-order valence-corrected chi connectivity index (χ2v) is 1.37. The number of rotatable bonds is 0. The van der Waals surface area contributed by atoms with Crippen LogP contribution in [0, 0.1) is 0 Å². The highest BCUT2D eigenvalue weighted by Gasteiger charge is 1.93. The lowest BCUT2D eigenvalue weighted by Crippen LogP contribution is -2.26. The normalized spacial score (nSPS) is 27.3. The molecule has 0 aromatic carbocycles. The summed E-state index contributed by atoms with van der Waals surface area (Å²) in [4.78, 5) is 0. The molecule has 0 bridgehead atoms. The van der Waals surface area contributed by atoms with E-state index in [0.29, 0.717) is 0 Å². The van der Waals surface area contributed by atoms with E-state index in [-0.39, 0.29) is 6.17 Å². The summed E-state index contributed by atoms with van der Waals surface area (Å²) in [7, 11) is 0. The van der Waals surface area contributed by atoms with Crippen LogP contribution in [0.5, 0.6) is 0 Å². The summed E-state index contributed by atoms with van der Waals surface area (Å²) in [5.74, 6) is 0. The van der Waals surface area contributed by atoms with E-state index in [1.165, 1.54) is 0 Å². The Morgan fingerprint density at radius 3 is 2.57 bits per heavy atom. The summed E-state index contributed by atoms with van der Waals surface area (Å²) in [5, 5.41) is 3.84. The molecule has 0 aromatic rings. The molecule has 1 atom stereocenters. The average molecular weight is 95.1 g/mol. The van der Waals surface area contributed by atoms with Gasteiger partial charge in [-0.25, -0.2) is 0 Å². The molecule has 7 heavy (non-hydrogen) atoms. The highest BCUT2D eigenvalue weighted by molar-refractivity contribution is 5.09. The lowest BCUT2D eigenvalue weighted by atomic mass is 10.3. The Morgan fingerprint density at radius 2 is 2.29 bits per heavy atom. The first-order valence-electron chi connectivity index (χ1n) is 2.18. The van der Waals surface area contributed by atoms with Crippen LogP contribution in [0.4, 0.5) is 0 Å². The van der Waals surface area contributed by atoms with Crippen LogP contribution in [0.15, 0.2) is 24.4 Å². The van der Waals surface area contributed by atoms with Gasteiger partial charge in [-0.15, -0.1) is 0 Å². The molecule has 0 aliphatic carbocycles. The molecule has 37 valence electrons. The van der Waals surface area contributed by atoms with Gasteiger partial charge >= 0.3 is 0 Å². The van der Waals surface area contributed by atoms with E-state index in [4.69, 9.17) is 5.73 Å². The molecule has 1 unspecified atom stereocenters. The maximum Gasteiger partial charge on any atom is 0.116 e. The smallest absolute Gasteiger partial charge is 0.116 e. The van der Waals surface area contributed by atoms with Gasteiger partial charge in [0.1, 0.15) is 6.17 Å². The van der Waals surface area contributed by atoms with Crippen LogP contribution >= 0.6 is 0 Å². The molecule has 1 radical (unpaired) electrons. The molecule has 0 saturated heterocycles. The van der Waals surface area contributed by atoms with Crippen LogP contribution in [0.2, 0.25) is 0 Å². The predicted octanol–water partition coefficient (Wildman–Crippen LogP) is -0.0409. The van der Waals surface area contributed by atoms with Gasteiger partial charge in [-0.1, -0.05) is 6.08 Å². The van der Waals surface area contributed by atoms with Crippen molar-refractivity contribution in [3.8, 4) is 0 Å². The first-order valence-corrected chi connectivity index (χ1v) is 2.18. The van der Waals surface area contributed by atoms with Crippen LogP contribution < -0.4 is 11.1 Å². The molecule has 0 amide bonds. The quantitative estimate of drug-likeness (QED) is 0.450. The summed E-state index contributed by atoms with van der Waals surface area (Å²) in [6, 6.07) is 0. The van der Waals surface area contributed by atoms with Gasteiger partial charge < -0.3 is 5.73 Å². The van der Waals surface area contributed by atoms with E-state index in [1.807, 2.05) is 18.2 Å². The van der Waals surface area contributed by atoms with Crippen LogP contribution in [-0.2, 0) is 0 Å². The number of hydrogen-bond donors (Lipinski definition) is 1. The Balaban J connectivity index is 2.49. The van der Waals surface area contributed by atoms with E-state index in [2.05, 4.69) is 5.32 Å². The van der Waals surface area contributed by atoms with Crippen molar-refractivity contribution in [2.24, 2.45) is 5.73 Å². The van der Waals surface area contributed by atoms with Gasteiger partial charge in [-0.2, -0.15) is 0 Å². The molecular weight excluding hydrogens is 88.1 g/mol. The van der Waals surface area contributed by atoms with Crippen molar-refractivity contribution in [3.63, 3.8) is 0 Å². The molecule has 2 nitrogen and oxygen atoms in total. The Labute approximate surface area is 42.7 Å². The Morgan fingerprint density at radius 1 is 1.43 bits per heavy atom. The Hall–Kier alpha value is -0.760. The summed E-state index contributed by atoms with van der Waals surface area (Å²) in [5.41, 5.74) is 5.33. The lowest BCUT2D eigenvalue weighted by Gasteiger charge is -2.03. The van der Waals surface area contributed by atoms with Gasteiger partial charge in [0, 0.05) is 6.20 Å². The standard InChI is InChI=1S/C5H7N2/c6-5-3-1-2-4-7-5/h1-5H,6H2. The third kappa shape index (κ3) is 1.05. The van der Waals surface area contributed by atoms with Gasteiger partial charge in [0.15, 0.2) is 0 Å². The molecule has 0 saturated carbocycles. The van der Waals surface area contributed by atoms with Gasteiger partial charge in [-0.05, 0) is 12.2 Å². The monoisotopic (exact) mass is 95.1 g/mol. The largest absolute Gasteiger partial charge is 0.306 e. The zero-order valence-corrected chi connectivity index (χ0v) is 3.91. The number of hydrogen-bond acceptors (Lipinski definition) is 1. The third-order valence-electron chi connectivity index (χ3n) is 0.764. The molecule has 1 rings (SSSR count). The van der Waals surface area contributed by atoms with Crippen molar-refractivity contribution in [3.05, 3.63) is 24.4 Å². The molecule has 0 fully saturated rings. The maximum atomic E-state index is 5.33. The van der Waals surface area contributed by atoms with Gasteiger partial charge in [0.05, 0.1) is 0 Å². The van der Waals surface area contributed by atoms with E-state index in [1.54, 1.807) is 6.20 Å². The number of nitrogens with two attached hydrogens (primary N) is 1. The van der Waals surface area contributed by atoms with Crippen LogP contribution in [0.3, 0.4) is 0 Å². The third-order valence-corrected chi connectivity index (χ3v) is 0.764. The zero-order chi connectivity index (χ0) is 5.11. The van der Waals surface area contributed by atoms with E-state index in [9.17, 15) is 0 Å². The van der Waals surface area contributed by atoms with Crippen molar-refractivity contribution in [1.82, 2.24) is 5.32 Å². The lowest BCUT2D eigenvalue weighted by molar-refractivity contribution is 0.714. The fourth-order valence-electron chi connectivity index (χ4n) is 0.426. The summed E-state index contributed by atoms with van der Waals surface area (Å²) in [6.45, 7) is 0. The summed E-state index contributed by atoms with van der Waals surface area (Å²) < 4.78 is 0. The van der Waals surface area contributed by atoms with E-state index < -0.39 is 0 Å². The Kier molecular flexibility index (Phi) is 1.13. The predicted molar refractivity (Wildman–Crippen MR) is 28.4 cm³/mol. The highest BCUT2D eigenvalue weighted by atomic mass is 15.0. The fourth-order valence-corrected chi connectivity index (χ4v) is 0.426. The molecular formula is C5H7N2. The van der Waals surface area contributed by atoms with Gasteiger partial charge in [-0.3, -0.25) is 5.32 Å². The van der Waals surface area contributed by atoms with Gasteiger partial charge in [0.2, 0.25) is 0 Å². The maximum absolute atomic E-state index is 5.33. The molecule has 2 N–H and O–H groups in total. The second kappa shape index (κ2) is 1.80. The van der Waals surface area contributed by atoms with Crippen molar-refractivity contribution in [2.45, 2.75) is 6.17 Å². The first kappa shape index (κ1) is 4.40. The summed E-state index contributed by atoms with van der Waals surface area (Å²) in [6.07, 6.45) is 7.16. The summed E-state index contributed by atoms with van der Waals surface area (Å²) >= 11 is 0.